The fraction of sp³-hybridized carbons (Fsp3) is 0.400. The van der Waals surface area contributed by atoms with Crippen molar-refractivity contribution in [3.63, 3.8) is 0 Å². The first-order valence-corrected chi connectivity index (χ1v) is 8.04. The number of anilines is 1. The lowest BCUT2D eigenvalue weighted by molar-refractivity contribution is -0.162. The highest BCUT2D eigenvalue weighted by molar-refractivity contribution is 7.15. The molecule has 0 radical (unpaired) electrons. The van der Waals surface area contributed by atoms with Crippen LogP contribution >= 0.6 is 11.3 Å². The van der Waals surface area contributed by atoms with Crippen molar-refractivity contribution in [1.29, 1.82) is 0 Å². The molecule has 4 N–H and O–H groups in total. The monoisotopic (exact) mass is 381 g/mol. The maximum Gasteiger partial charge on any atom is 0.417 e. The lowest BCUT2D eigenvalue weighted by Gasteiger charge is -2.34. The first-order chi connectivity index (χ1) is 11.4. The summed E-state index contributed by atoms with van der Waals surface area (Å²) >= 11 is 1.19. The van der Waals surface area contributed by atoms with Crippen LogP contribution < -0.4 is 11.5 Å². The Balaban J connectivity index is 2.06. The number of rotatable bonds is 1. The van der Waals surface area contributed by atoms with Crippen LogP contribution in [0.3, 0.4) is 0 Å². The normalized spacial score (nSPS) is 21.2. The Hall–Kier alpha value is -1.81. The molecular formula is C15H13F6N3S. The molecule has 0 spiro atoms. The molecule has 0 saturated heterocycles. The largest absolute Gasteiger partial charge is 0.417 e. The molecule has 3 rings (SSSR count). The fourth-order valence-electron chi connectivity index (χ4n) is 3.04. The van der Waals surface area contributed by atoms with Gasteiger partial charge in [-0.25, -0.2) is 4.98 Å². The molecule has 1 atom stereocenters. The highest BCUT2D eigenvalue weighted by Crippen LogP contribution is 2.44. The molecule has 25 heavy (non-hydrogen) atoms. The van der Waals surface area contributed by atoms with Crippen LogP contribution in [0.4, 0.5) is 31.5 Å². The highest BCUT2D eigenvalue weighted by Gasteiger charge is 2.44. The maximum atomic E-state index is 13.1. The van der Waals surface area contributed by atoms with Gasteiger partial charge in [0.2, 0.25) is 0 Å². The summed E-state index contributed by atoms with van der Waals surface area (Å²) in [5.41, 5.74) is 8.01. The highest BCUT2D eigenvalue weighted by atomic mass is 32.1. The van der Waals surface area contributed by atoms with Gasteiger partial charge in [0.05, 0.1) is 16.8 Å². The summed E-state index contributed by atoms with van der Waals surface area (Å²) < 4.78 is 78.1. The Kier molecular flexibility index (Phi) is 4.03. The molecule has 1 heterocycles. The van der Waals surface area contributed by atoms with Gasteiger partial charge >= 0.3 is 12.4 Å². The van der Waals surface area contributed by atoms with E-state index in [1.54, 1.807) is 0 Å². The quantitative estimate of drug-likeness (QED) is 0.731. The van der Waals surface area contributed by atoms with Gasteiger partial charge in [-0.1, -0.05) is 6.07 Å². The number of hydrogen-bond donors (Lipinski definition) is 2. The molecule has 1 aromatic heterocycles. The van der Waals surface area contributed by atoms with Crippen LogP contribution in [0.2, 0.25) is 0 Å². The van der Waals surface area contributed by atoms with Crippen LogP contribution in [0.15, 0.2) is 18.2 Å². The maximum absolute atomic E-state index is 13.1. The third-order valence-electron chi connectivity index (χ3n) is 4.28. The van der Waals surface area contributed by atoms with Crippen molar-refractivity contribution in [3.8, 4) is 0 Å². The summed E-state index contributed by atoms with van der Waals surface area (Å²) in [5, 5.41) is 0.331. The van der Waals surface area contributed by atoms with Crippen LogP contribution in [0, 0.1) is 0 Å². The van der Waals surface area contributed by atoms with E-state index in [1.165, 1.54) is 11.3 Å². The molecule has 0 aliphatic heterocycles. The second-order valence-electron chi connectivity index (χ2n) is 6.01. The topological polar surface area (TPSA) is 64.9 Å². The van der Waals surface area contributed by atoms with Crippen molar-refractivity contribution in [2.75, 3.05) is 5.73 Å². The summed E-state index contributed by atoms with van der Waals surface area (Å²) in [6.07, 6.45) is -9.38. The van der Waals surface area contributed by atoms with Gasteiger partial charge in [-0.05, 0) is 30.5 Å². The van der Waals surface area contributed by atoms with Crippen molar-refractivity contribution >= 4 is 16.5 Å². The van der Waals surface area contributed by atoms with Gasteiger partial charge in [-0.2, -0.15) is 26.3 Å². The number of alkyl halides is 6. The predicted molar refractivity (Wildman–Crippen MR) is 80.9 cm³/mol. The molecule has 2 aromatic rings. The Labute approximate surface area is 142 Å². The molecule has 0 bridgehead atoms. The third-order valence-corrected chi connectivity index (χ3v) is 5.21. The first kappa shape index (κ1) is 18.0. The summed E-state index contributed by atoms with van der Waals surface area (Å²) in [5.74, 6) is 0. The Morgan fingerprint density at radius 2 is 1.68 bits per heavy atom. The van der Waals surface area contributed by atoms with E-state index in [0.717, 1.165) is 16.6 Å². The number of nitrogens with zero attached hydrogens (tertiary/aromatic N) is 1. The van der Waals surface area contributed by atoms with E-state index in [9.17, 15) is 26.3 Å². The molecule has 10 heteroatoms. The minimum atomic E-state index is -5.13. The van der Waals surface area contributed by atoms with Crippen molar-refractivity contribution in [1.82, 2.24) is 4.98 Å². The second-order valence-corrected chi connectivity index (χ2v) is 7.13. The van der Waals surface area contributed by atoms with Gasteiger partial charge in [0.15, 0.2) is 5.13 Å². The fourth-order valence-corrected chi connectivity index (χ4v) is 4.04. The van der Waals surface area contributed by atoms with E-state index in [4.69, 9.17) is 11.5 Å². The lowest BCUT2D eigenvalue weighted by Crippen LogP contribution is -2.42. The molecule has 3 nitrogen and oxygen atoms in total. The number of benzene rings is 1. The van der Waals surface area contributed by atoms with Gasteiger partial charge in [-0.3, -0.25) is 0 Å². The van der Waals surface area contributed by atoms with Crippen molar-refractivity contribution < 1.29 is 26.3 Å². The van der Waals surface area contributed by atoms with E-state index in [2.05, 4.69) is 4.98 Å². The van der Waals surface area contributed by atoms with Gasteiger partial charge in [0.1, 0.15) is 0 Å². The minimum Gasteiger partial charge on any atom is -0.375 e. The number of aryl methyl sites for hydroxylation is 1. The Morgan fingerprint density at radius 1 is 1.04 bits per heavy atom. The Morgan fingerprint density at radius 3 is 2.28 bits per heavy atom. The summed E-state index contributed by atoms with van der Waals surface area (Å²) in [6.45, 7) is 0. The standard InChI is InChI=1S/C15H13F6N3S/c16-14(17,18)8-2-1-7(5-9(8)15(19,20)21)13(23)4-3-10-11(6-13)25-12(22)24-10/h1-2,5H,3-4,6,23H2,(H2,22,24). The number of nitrogen functional groups attached to an aromatic ring is 1. The third kappa shape index (κ3) is 3.32. The van der Waals surface area contributed by atoms with E-state index in [0.29, 0.717) is 23.7 Å². The van der Waals surface area contributed by atoms with Crippen LogP contribution in [0.5, 0.6) is 0 Å². The van der Waals surface area contributed by atoms with Gasteiger partial charge in [-0.15, -0.1) is 11.3 Å². The van der Waals surface area contributed by atoms with Crippen LogP contribution in [-0.4, -0.2) is 4.98 Å². The van der Waals surface area contributed by atoms with E-state index in [1.807, 2.05) is 0 Å². The molecular weight excluding hydrogens is 368 g/mol. The molecule has 0 amide bonds. The minimum absolute atomic E-state index is 0.0189. The zero-order valence-electron chi connectivity index (χ0n) is 12.6. The average Bonchev–Trinajstić information content (AvgIpc) is 2.84. The van der Waals surface area contributed by atoms with Crippen molar-refractivity contribution in [2.45, 2.75) is 37.2 Å². The summed E-state index contributed by atoms with van der Waals surface area (Å²) in [6, 6.07) is 1.98. The number of thiazole rings is 1. The predicted octanol–water partition coefficient (Wildman–Crippen LogP) is 4.11. The lowest BCUT2D eigenvalue weighted by atomic mass is 9.78. The molecule has 1 aromatic carbocycles. The van der Waals surface area contributed by atoms with Gasteiger partial charge in [0, 0.05) is 16.8 Å². The SMILES string of the molecule is Nc1nc2c(s1)CC(N)(c1ccc(C(F)(F)F)c(C(F)(F)F)c1)CC2. The smallest absolute Gasteiger partial charge is 0.375 e. The molecule has 0 saturated carbocycles. The van der Waals surface area contributed by atoms with Crippen molar-refractivity contribution in [3.05, 3.63) is 45.5 Å². The zero-order valence-corrected chi connectivity index (χ0v) is 13.4. The summed E-state index contributed by atoms with van der Waals surface area (Å²) in [4.78, 5) is 4.88. The van der Waals surface area contributed by atoms with Gasteiger partial charge < -0.3 is 11.5 Å². The number of hydrogen-bond acceptors (Lipinski definition) is 4. The second kappa shape index (κ2) is 5.60. The van der Waals surface area contributed by atoms with E-state index >= 15 is 0 Å². The van der Waals surface area contributed by atoms with E-state index < -0.39 is 29.0 Å². The Bertz CT molecular complexity index is 811. The first-order valence-electron chi connectivity index (χ1n) is 7.22. The van der Waals surface area contributed by atoms with E-state index in [-0.39, 0.29) is 18.4 Å². The summed E-state index contributed by atoms with van der Waals surface area (Å²) in [7, 11) is 0. The zero-order chi connectivity index (χ0) is 18.6. The van der Waals surface area contributed by atoms with Crippen LogP contribution in [0.1, 0.15) is 33.7 Å². The molecule has 0 fully saturated rings. The molecule has 136 valence electrons. The number of nitrogens with two attached hydrogens (primary N) is 2. The van der Waals surface area contributed by atoms with Gasteiger partial charge in [0.25, 0.3) is 0 Å². The van der Waals surface area contributed by atoms with Crippen LogP contribution in [-0.2, 0) is 30.7 Å². The number of aromatic nitrogens is 1. The number of halogens is 6. The molecule has 1 aliphatic rings. The van der Waals surface area contributed by atoms with Crippen LogP contribution in [0.25, 0.3) is 0 Å². The molecule has 1 aliphatic carbocycles. The number of fused-ring (bicyclic) bond motifs is 1. The van der Waals surface area contributed by atoms with Crippen molar-refractivity contribution in [2.24, 2.45) is 5.73 Å². The average molecular weight is 381 g/mol. The molecule has 1 unspecified atom stereocenters.